The zero-order valence-electron chi connectivity index (χ0n) is 5.57. The minimum absolute atomic E-state index is 0.145. The van der Waals surface area contributed by atoms with Gasteiger partial charge in [0.1, 0.15) is 18.9 Å². The minimum atomic E-state index is -1.03. The molecular weight excluding hydrogens is 152 g/mol. The number of alkyl halides is 1. The molecule has 60 valence electrons. The van der Waals surface area contributed by atoms with E-state index >= 15 is 0 Å². The molecular formula is C5H6FN3O2. The summed E-state index contributed by atoms with van der Waals surface area (Å²) < 4.78 is 12.9. The number of carboxylic acid groups (broad SMARTS) is 1. The Bertz CT molecular complexity index is 260. The van der Waals surface area contributed by atoms with E-state index in [0.717, 1.165) is 4.68 Å². The molecule has 1 aromatic rings. The first kappa shape index (κ1) is 7.64. The highest BCUT2D eigenvalue weighted by Gasteiger charge is 2.02. The van der Waals surface area contributed by atoms with Gasteiger partial charge in [-0.1, -0.05) is 5.21 Å². The van der Waals surface area contributed by atoms with Crippen LogP contribution in [0.1, 0.15) is 5.69 Å². The van der Waals surface area contributed by atoms with E-state index in [1.54, 1.807) is 0 Å². The van der Waals surface area contributed by atoms with Gasteiger partial charge in [-0.15, -0.1) is 5.10 Å². The lowest BCUT2D eigenvalue weighted by molar-refractivity contribution is -0.137. The van der Waals surface area contributed by atoms with Crippen LogP contribution in [0.25, 0.3) is 0 Å². The Balaban J connectivity index is 2.65. The molecule has 11 heavy (non-hydrogen) atoms. The van der Waals surface area contributed by atoms with Crippen LogP contribution in [0, 0.1) is 0 Å². The van der Waals surface area contributed by atoms with Gasteiger partial charge in [-0.05, 0) is 0 Å². The van der Waals surface area contributed by atoms with Crippen molar-refractivity contribution in [1.29, 1.82) is 0 Å². The van der Waals surface area contributed by atoms with E-state index in [0.29, 0.717) is 0 Å². The molecule has 0 radical (unpaired) electrons. The summed E-state index contributed by atoms with van der Waals surface area (Å²) in [6.07, 6.45) is 1.26. The van der Waals surface area contributed by atoms with Crippen LogP contribution in [0.3, 0.4) is 0 Å². The van der Waals surface area contributed by atoms with Gasteiger partial charge in [0.25, 0.3) is 0 Å². The summed E-state index contributed by atoms with van der Waals surface area (Å²) in [5.41, 5.74) is 0.145. The smallest absolute Gasteiger partial charge is 0.325 e. The lowest BCUT2D eigenvalue weighted by Gasteiger charge is -1.90. The van der Waals surface area contributed by atoms with Crippen molar-refractivity contribution in [3.63, 3.8) is 0 Å². The van der Waals surface area contributed by atoms with Gasteiger partial charge in [0.15, 0.2) is 0 Å². The average Bonchev–Trinajstić information content (AvgIpc) is 2.34. The largest absolute Gasteiger partial charge is 0.480 e. The third kappa shape index (κ3) is 1.99. The third-order valence-corrected chi connectivity index (χ3v) is 1.02. The lowest BCUT2D eigenvalue weighted by atomic mass is 10.5. The molecule has 1 heterocycles. The van der Waals surface area contributed by atoms with Crippen molar-refractivity contribution in [2.24, 2.45) is 0 Å². The fourth-order valence-corrected chi connectivity index (χ4v) is 0.616. The third-order valence-electron chi connectivity index (χ3n) is 1.02. The molecule has 0 amide bonds. The highest BCUT2D eigenvalue weighted by atomic mass is 18.2. The molecule has 0 unspecified atom stereocenters. The van der Waals surface area contributed by atoms with Crippen LogP contribution in [0.2, 0.25) is 0 Å². The normalized spacial score (nSPS) is 9.91. The van der Waals surface area contributed by atoms with Crippen LogP contribution in [0.4, 0.5) is 4.39 Å². The van der Waals surface area contributed by atoms with Crippen molar-refractivity contribution in [1.82, 2.24) is 15.0 Å². The molecule has 0 aliphatic heterocycles. The van der Waals surface area contributed by atoms with Crippen molar-refractivity contribution in [3.05, 3.63) is 11.9 Å². The van der Waals surface area contributed by atoms with E-state index in [1.807, 2.05) is 0 Å². The maximum absolute atomic E-state index is 11.8. The first-order valence-electron chi connectivity index (χ1n) is 2.89. The number of aromatic nitrogens is 3. The van der Waals surface area contributed by atoms with Crippen LogP contribution < -0.4 is 0 Å². The number of carboxylic acids is 1. The molecule has 0 saturated carbocycles. The van der Waals surface area contributed by atoms with E-state index < -0.39 is 12.6 Å². The van der Waals surface area contributed by atoms with Gasteiger partial charge in [-0.25, -0.2) is 9.07 Å². The summed E-state index contributed by atoms with van der Waals surface area (Å²) >= 11 is 0. The highest BCUT2D eigenvalue weighted by molar-refractivity contribution is 5.66. The first-order valence-corrected chi connectivity index (χ1v) is 2.89. The van der Waals surface area contributed by atoms with Crippen LogP contribution in [0.15, 0.2) is 6.20 Å². The zero-order chi connectivity index (χ0) is 8.27. The Morgan fingerprint density at radius 1 is 1.82 bits per heavy atom. The maximum atomic E-state index is 11.8. The molecule has 5 nitrogen and oxygen atoms in total. The second kappa shape index (κ2) is 3.09. The average molecular weight is 158 g/mol. The molecule has 1 N–H and O–H groups in total. The standard InChI is InChI=1S/C5H6FN3O2/c6-1-4-2-9(8-7-4)3-5(10)11/h2H,1,3H2,(H,10,11)/i6-1. The van der Waals surface area contributed by atoms with Crippen LogP contribution in [-0.4, -0.2) is 26.1 Å². The molecule has 6 heteroatoms. The lowest BCUT2D eigenvalue weighted by Crippen LogP contribution is -2.08. The van der Waals surface area contributed by atoms with Crippen molar-refractivity contribution >= 4 is 5.97 Å². The topological polar surface area (TPSA) is 68.0 Å². The molecule has 0 bridgehead atoms. The molecule has 0 aliphatic rings. The van der Waals surface area contributed by atoms with Gasteiger partial charge < -0.3 is 5.11 Å². The van der Waals surface area contributed by atoms with E-state index in [4.69, 9.17) is 5.11 Å². The molecule has 0 saturated heterocycles. The van der Waals surface area contributed by atoms with Crippen LogP contribution in [-0.2, 0) is 18.0 Å². The summed E-state index contributed by atoms with van der Waals surface area (Å²) in [5.74, 6) is -1.03. The Labute approximate surface area is 61.4 Å². The van der Waals surface area contributed by atoms with Crippen molar-refractivity contribution in [2.45, 2.75) is 13.2 Å². The Morgan fingerprint density at radius 3 is 3.00 bits per heavy atom. The number of halogens is 1. The molecule has 0 spiro atoms. The first-order chi connectivity index (χ1) is 5.22. The van der Waals surface area contributed by atoms with E-state index in [9.17, 15) is 9.18 Å². The monoisotopic (exact) mass is 158 g/mol. The molecule has 1 aromatic heterocycles. The van der Waals surface area contributed by atoms with E-state index in [2.05, 4.69) is 10.3 Å². The predicted octanol–water partition coefficient (Wildman–Crippen LogP) is -0.168. The van der Waals surface area contributed by atoms with E-state index in [1.165, 1.54) is 6.20 Å². The molecule has 0 atom stereocenters. The van der Waals surface area contributed by atoms with Gasteiger partial charge in [0, 0.05) is 0 Å². The second-order valence-electron chi connectivity index (χ2n) is 1.93. The van der Waals surface area contributed by atoms with Crippen molar-refractivity contribution in [2.75, 3.05) is 0 Å². The Kier molecular flexibility index (Phi) is 2.15. The summed E-state index contributed by atoms with van der Waals surface area (Å²) in [6, 6.07) is 0. The zero-order valence-corrected chi connectivity index (χ0v) is 5.57. The fraction of sp³-hybridized carbons (Fsp3) is 0.400. The highest BCUT2D eigenvalue weighted by Crippen LogP contribution is 1.94. The summed E-state index contributed by atoms with van der Waals surface area (Å²) in [6.45, 7) is -1.01. The number of hydrogen-bond donors (Lipinski definition) is 1. The predicted molar refractivity (Wildman–Crippen MR) is 32.5 cm³/mol. The number of nitrogens with zero attached hydrogens (tertiary/aromatic N) is 3. The number of aliphatic carboxylic acids is 1. The fourth-order valence-electron chi connectivity index (χ4n) is 0.616. The maximum Gasteiger partial charge on any atom is 0.325 e. The summed E-state index contributed by atoms with van der Waals surface area (Å²) in [5, 5.41) is 15.0. The van der Waals surface area contributed by atoms with Crippen LogP contribution >= 0.6 is 0 Å². The quantitative estimate of drug-likeness (QED) is 0.663. The molecule has 1 rings (SSSR count). The number of hydrogen-bond acceptors (Lipinski definition) is 3. The number of rotatable bonds is 3. The Hall–Kier alpha value is -1.46. The summed E-state index contributed by atoms with van der Waals surface area (Å²) in [4.78, 5) is 10.1. The van der Waals surface area contributed by atoms with Crippen LogP contribution in [0.5, 0.6) is 0 Å². The summed E-state index contributed by atoms with van der Waals surface area (Å²) in [7, 11) is 0. The van der Waals surface area contributed by atoms with Gasteiger partial charge in [-0.2, -0.15) is 0 Å². The van der Waals surface area contributed by atoms with Crippen molar-refractivity contribution < 1.29 is 14.3 Å². The van der Waals surface area contributed by atoms with Gasteiger partial charge >= 0.3 is 5.97 Å². The van der Waals surface area contributed by atoms with Gasteiger partial charge in [0.2, 0.25) is 0 Å². The Morgan fingerprint density at radius 2 is 2.55 bits per heavy atom. The SMILES string of the molecule is O=C(O)Cn1cc(C[18F])nn1. The second-order valence-corrected chi connectivity index (χ2v) is 1.93. The molecule has 0 aromatic carbocycles. The van der Waals surface area contributed by atoms with E-state index in [-0.39, 0.29) is 12.2 Å². The number of carbonyl (C=O) groups is 1. The minimum Gasteiger partial charge on any atom is -0.480 e. The van der Waals surface area contributed by atoms with Crippen molar-refractivity contribution in [3.8, 4) is 0 Å². The van der Waals surface area contributed by atoms with Gasteiger partial charge in [0.05, 0.1) is 6.20 Å². The molecule has 0 fully saturated rings. The molecule has 0 aliphatic carbocycles. The van der Waals surface area contributed by atoms with Gasteiger partial charge in [-0.3, -0.25) is 4.79 Å².